The third-order valence-electron chi connectivity index (χ3n) is 17.8. The topological polar surface area (TPSA) is 231 Å². The molecule has 18 heteroatoms. The second kappa shape index (κ2) is 81.2. The molecule has 0 aromatic heterocycles. The molecule has 107 heavy (non-hydrogen) atoms. The van der Waals surface area contributed by atoms with Crippen LogP contribution in [0.4, 0.5) is 0 Å². The lowest BCUT2D eigenvalue weighted by molar-refractivity contribution is -0.161. The van der Waals surface area contributed by atoms with Crippen LogP contribution in [0.2, 0.25) is 0 Å². The number of aliphatic hydroxyl groups excluding tert-OH is 2. The van der Waals surface area contributed by atoms with E-state index in [-0.39, 0.29) is 19.3 Å². The van der Waals surface area contributed by atoms with Gasteiger partial charge in [0.05, 0.1) is 26.4 Å². The molecule has 0 aliphatic heterocycles. The van der Waals surface area contributed by atoms with Crippen LogP contribution in [-0.4, -0.2) is 95.9 Å². The molecular formula is C89H154O16P2. The molecular weight excluding hydrogens is 1390 g/mol. The molecule has 0 saturated carbocycles. The van der Waals surface area contributed by atoms with Crippen molar-refractivity contribution >= 4 is 33.6 Å². The van der Waals surface area contributed by atoms with Crippen LogP contribution in [0.1, 0.15) is 355 Å². The smallest absolute Gasteiger partial charge is 0.463 e. The minimum absolute atomic E-state index is 0.0907. The van der Waals surface area contributed by atoms with Gasteiger partial charge >= 0.3 is 33.6 Å². The number of unbranched alkanes of at least 4 members (excludes halogenated alkanes) is 35. The third kappa shape index (κ3) is 82.5. The molecule has 0 aliphatic rings. The second-order valence-electron chi connectivity index (χ2n) is 28.2. The Morgan fingerprint density at radius 3 is 0.813 bits per heavy atom. The molecule has 0 radical (unpaired) electrons. The summed E-state index contributed by atoms with van der Waals surface area (Å²) in [5.74, 6) is -1.59. The maximum Gasteiger partial charge on any atom is 0.472 e. The first kappa shape index (κ1) is 103. The first-order valence-corrected chi connectivity index (χ1v) is 45.5. The van der Waals surface area contributed by atoms with Crippen LogP contribution in [-0.2, 0) is 55.8 Å². The van der Waals surface area contributed by atoms with Gasteiger partial charge in [-0.2, -0.15) is 0 Å². The van der Waals surface area contributed by atoms with Gasteiger partial charge in [-0.15, -0.1) is 0 Å². The minimum Gasteiger partial charge on any atom is -0.463 e. The van der Waals surface area contributed by atoms with Gasteiger partial charge in [-0.1, -0.05) is 328 Å². The lowest BCUT2D eigenvalue weighted by Gasteiger charge is -2.21. The Morgan fingerprint density at radius 2 is 0.495 bits per heavy atom. The summed E-state index contributed by atoms with van der Waals surface area (Å²) < 4.78 is 61.2. The number of phosphoric acid groups is 2. The van der Waals surface area contributed by atoms with Crippen molar-refractivity contribution < 1.29 is 75.8 Å². The second-order valence-corrected chi connectivity index (χ2v) is 31.2. The Kier molecular flexibility index (Phi) is 77.9. The van der Waals surface area contributed by atoms with E-state index >= 15 is 0 Å². The summed E-state index contributed by atoms with van der Waals surface area (Å²) in [6, 6.07) is 0. The Morgan fingerprint density at radius 1 is 0.271 bits per heavy atom. The molecule has 4 N–H and O–H groups in total. The molecule has 5 atom stereocenters. The van der Waals surface area contributed by atoms with Crippen LogP contribution in [0.3, 0.4) is 0 Å². The van der Waals surface area contributed by atoms with Gasteiger partial charge < -0.3 is 34.2 Å². The van der Waals surface area contributed by atoms with Gasteiger partial charge in [-0.25, -0.2) is 9.13 Å². The zero-order valence-corrected chi connectivity index (χ0v) is 69.3. The maximum absolute atomic E-state index is 13.0. The average Bonchev–Trinajstić information content (AvgIpc) is 0.902. The predicted octanol–water partition coefficient (Wildman–Crippen LogP) is 25.4. The molecule has 0 bridgehead atoms. The lowest BCUT2D eigenvalue weighted by Crippen LogP contribution is -2.30. The number of hydrogen-bond donors (Lipinski definition) is 4. The van der Waals surface area contributed by atoms with Crippen LogP contribution in [0.25, 0.3) is 0 Å². The number of rotatable bonds is 80. The Labute approximate surface area is 652 Å². The van der Waals surface area contributed by atoms with Crippen molar-refractivity contribution in [2.45, 2.75) is 373 Å². The van der Waals surface area contributed by atoms with Crippen molar-refractivity contribution in [3.63, 3.8) is 0 Å². The van der Waals surface area contributed by atoms with E-state index in [9.17, 15) is 43.5 Å². The van der Waals surface area contributed by atoms with Gasteiger partial charge in [-0.05, 0) is 141 Å². The van der Waals surface area contributed by atoms with Crippen molar-refractivity contribution in [3.05, 3.63) is 134 Å². The molecule has 0 spiro atoms. The molecule has 616 valence electrons. The summed E-state index contributed by atoms with van der Waals surface area (Å²) in [6.07, 6.45) is 99.4. The van der Waals surface area contributed by atoms with Gasteiger partial charge in [0.1, 0.15) is 25.4 Å². The van der Waals surface area contributed by atoms with Gasteiger partial charge in [0.15, 0.2) is 6.10 Å². The van der Waals surface area contributed by atoms with Crippen molar-refractivity contribution in [2.24, 2.45) is 0 Å². The van der Waals surface area contributed by atoms with Gasteiger partial charge in [-0.3, -0.25) is 32.5 Å². The summed E-state index contributed by atoms with van der Waals surface area (Å²) in [4.78, 5) is 58.7. The van der Waals surface area contributed by atoms with E-state index in [4.69, 9.17) is 32.3 Å². The molecule has 0 aliphatic carbocycles. The molecule has 0 fully saturated rings. The predicted molar refractivity (Wildman–Crippen MR) is 445 cm³/mol. The maximum atomic E-state index is 13.0. The average molecular weight is 1540 g/mol. The quantitative estimate of drug-likeness (QED) is 0.0146. The first-order valence-electron chi connectivity index (χ1n) is 42.5. The van der Waals surface area contributed by atoms with Crippen molar-refractivity contribution in [1.29, 1.82) is 0 Å². The fraction of sp³-hybridized carbons (Fsp3) is 0.719. The van der Waals surface area contributed by atoms with Crippen molar-refractivity contribution in [3.8, 4) is 0 Å². The highest BCUT2D eigenvalue weighted by atomic mass is 31.2. The fourth-order valence-corrected chi connectivity index (χ4v) is 13.0. The number of carbonyl (C=O) groups excluding carboxylic acids is 3. The summed E-state index contributed by atoms with van der Waals surface area (Å²) >= 11 is 0. The standard InChI is InChI=1S/C89H154O16P2/c1-4-7-10-13-16-19-22-25-27-29-31-33-35-37-39-40-41-42-44-46-47-49-51-53-55-58-60-63-66-69-72-75-87(92)99-78-84(90)79-101-106(95,96)102-80-85(91)81-103-107(97,98)104-83-86(105-89(94)77-74-71-68-65-62-57-24-21-18-15-12-9-6-3)82-100-88(93)76-73-70-67-64-61-59-56-54-52-50-48-45-43-38-36-34-32-30-28-26-23-20-17-14-11-8-5-2/h8,11,16-17,19-21,24-28,31-34,37-39,43,48,50,84-86,90-91H,4-7,9-10,12-15,18,22-23,29-30,35-36,40-42,44-47,49,51-83H2,1-3H3,(H,95,96)(H,97,98)/b11-8-,19-16-,20-17-,24-21-,27-25-,28-26-,33-31-,34-32-,39-37-,43-38-,50-48-. The van der Waals surface area contributed by atoms with E-state index in [1.807, 2.05) is 0 Å². The number of allylic oxidation sites excluding steroid dienone is 22. The van der Waals surface area contributed by atoms with Gasteiger partial charge in [0, 0.05) is 19.3 Å². The van der Waals surface area contributed by atoms with Crippen LogP contribution in [0.5, 0.6) is 0 Å². The largest absolute Gasteiger partial charge is 0.472 e. The Hall–Kier alpha value is -4.31. The van der Waals surface area contributed by atoms with E-state index in [1.54, 1.807) is 0 Å². The van der Waals surface area contributed by atoms with E-state index in [0.717, 1.165) is 154 Å². The number of carbonyl (C=O) groups is 3. The van der Waals surface area contributed by atoms with Crippen molar-refractivity contribution in [2.75, 3.05) is 39.6 Å². The molecule has 0 rings (SSSR count). The lowest BCUT2D eigenvalue weighted by atomic mass is 10.0. The number of esters is 3. The number of hydrogen-bond acceptors (Lipinski definition) is 14. The highest BCUT2D eigenvalue weighted by Gasteiger charge is 2.29. The number of phosphoric ester groups is 2. The number of ether oxygens (including phenoxy) is 3. The van der Waals surface area contributed by atoms with Crippen LogP contribution in [0, 0.1) is 0 Å². The van der Waals surface area contributed by atoms with Crippen molar-refractivity contribution in [1.82, 2.24) is 0 Å². The Balaban J connectivity index is 4.47. The zero-order chi connectivity index (χ0) is 78.0. The molecule has 16 nitrogen and oxygen atoms in total. The zero-order valence-electron chi connectivity index (χ0n) is 67.5. The van der Waals surface area contributed by atoms with Crippen LogP contribution < -0.4 is 0 Å². The van der Waals surface area contributed by atoms with E-state index in [2.05, 4.69) is 154 Å². The highest BCUT2D eigenvalue weighted by molar-refractivity contribution is 7.47. The van der Waals surface area contributed by atoms with E-state index in [0.29, 0.717) is 19.3 Å². The van der Waals surface area contributed by atoms with Gasteiger partial charge in [0.2, 0.25) is 0 Å². The first-order chi connectivity index (χ1) is 52.2. The molecule has 5 unspecified atom stereocenters. The molecule has 0 aromatic carbocycles. The molecule has 0 heterocycles. The fourth-order valence-electron chi connectivity index (χ4n) is 11.4. The Bertz CT molecular complexity index is 2480. The normalized spacial score (nSPS) is 14.6. The monoisotopic (exact) mass is 1540 g/mol. The highest BCUT2D eigenvalue weighted by Crippen LogP contribution is 2.45. The number of aliphatic hydroxyl groups is 2. The van der Waals surface area contributed by atoms with Gasteiger partial charge in [0.25, 0.3) is 0 Å². The molecule has 0 saturated heterocycles. The van der Waals surface area contributed by atoms with E-state index < -0.39 is 91.5 Å². The van der Waals surface area contributed by atoms with Crippen LogP contribution in [0.15, 0.2) is 134 Å². The summed E-state index contributed by atoms with van der Waals surface area (Å²) in [5.41, 5.74) is 0. The molecule has 0 aromatic rings. The minimum atomic E-state index is -4.94. The third-order valence-corrected chi connectivity index (χ3v) is 19.7. The SMILES string of the molecule is CC/C=C\C/C=C\C/C=C\C/C=C\C/C=C\C/C=C\CCCCCCCCCCC(=O)OCC(COP(=O)(O)OCC(O)COP(=O)(O)OCC(O)COC(=O)CCCCCCCCCCCCCCCCC/C=C\C/C=C\C/C=C\C/C=C\CCCCC)OC(=O)CCCCCCC/C=C\CCCCCC. The van der Waals surface area contributed by atoms with Crippen LogP contribution >= 0.6 is 15.6 Å². The van der Waals surface area contributed by atoms with E-state index in [1.165, 1.54) is 141 Å². The summed E-state index contributed by atoms with van der Waals surface area (Å²) in [7, 11) is -9.80. The summed E-state index contributed by atoms with van der Waals surface area (Å²) in [5, 5.41) is 20.7. The summed E-state index contributed by atoms with van der Waals surface area (Å²) in [6.45, 7) is 2.53. The molecule has 0 amide bonds.